The standard InChI is InChI=1S/C35H39N9O2/c1-24-8-13-28(39-34(45)26-11-9-25(10-12-26)22-43-18-16-42(4)17-19-43)21-31(24)40-35(46)44-15-14-30-32(36-23-37-33(30)44)38-27-6-5-7-29(20-27)41(2)3/h5-15,20-21,23H,16-19,22H2,1-4H3,(H,39,45)(H,40,46)(H,36,37,38). The van der Waals surface area contributed by atoms with Crippen LogP contribution in [0, 0.1) is 6.92 Å². The summed E-state index contributed by atoms with van der Waals surface area (Å²) in [4.78, 5) is 42.1. The zero-order chi connectivity index (χ0) is 32.2. The maximum absolute atomic E-state index is 13.4. The van der Waals surface area contributed by atoms with E-state index in [1.54, 1.807) is 12.3 Å². The van der Waals surface area contributed by atoms with E-state index in [-0.39, 0.29) is 11.9 Å². The second-order valence-electron chi connectivity index (χ2n) is 11.9. The van der Waals surface area contributed by atoms with Crippen LogP contribution in [0.4, 0.5) is 33.4 Å². The largest absolute Gasteiger partial charge is 0.378 e. The monoisotopic (exact) mass is 617 g/mol. The number of fused-ring (bicyclic) bond motifs is 1. The van der Waals surface area contributed by atoms with Crippen molar-refractivity contribution in [1.82, 2.24) is 24.3 Å². The molecular weight excluding hydrogens is 578 g/mol. The van der Waals surface area contributed by atoms with Crippen LogP contribution in [-0.4, -0.2) is 83.6 Å². The average molecular weight is 618 g/mol. The number of aryl methyl sites for hydroxylation is 1. The van der Waals surface area contributed by atoms with E-state index < -0.39 is 0 Å². The zero-order valence-electron chi connectivity index (χ0n) is 26.6. The number of amides is 2. The molecule has 236 valence electrons. The first-order chi connectivity index (χ1) is 22.2. The molecule has 11 nitrogen and oxygen atoms in total. The molecule has 0 aliphatic carbocycles. The van der Waals surface area contributed by atoms with Crippen molar-refractivity contribution in [1.29, 1.82) is 0 Å². The summed E-state index contributed by atoms with van der Waals surface area (Å²) >= 11 is 0. The Bertz CT molecular complexity index is 1860. The van der Waals surface area contributed by atoms with Crippen molar-refractivity contribution in [2.24, 2.45) is 0 Å². The summed E-state index contributed by atoms with van der Waals surface area (Å²) in [5, 5.41) is 10.00. The van der Waals surface area contributed by atoms with Crippen molar-refractivity contribution in [3.63, 3.8) is 0 Å². The van der Waals surface area contributed by atoms with Crippen LogP contribution in [0.2, 0.25) is 0 Å². The maximum Gasteiger partial charge on any atom is 0.331 e. The highest BCUT2D eigenvalue weighted by atomic mass is 16.2. The number of rotatable bonds is 8. The molecule has 2 amide bonds. The summed E-state index contributed by atoms with van der Waals surface area (Å²) in [6.45, 7) is 7.01. The average Bonchev–Trinajstić information content (AvgIpc) is 3.50. The Morgan fingerprint density at radius 3 is 2.41 bits per heavy atom. The molecule has 1 aliphatic rings. The second-order valence-corrected chi connectivity index (χ2v) is 11.9. The number of carbonyl (C=O) groups excluding carboxylic acids is 2. The predicted molar refractivity (Wildman–Crippen MR) is 184 cm³/mol. The van der Waals surface area contributed by atoms with Crippen LogP contribution < -0.4 is 20.9 Å². The number of aromatic nitrogens is 3. The number of hydrogen-bond acceptors (Lipinski definition) is 8. The third kappa shape index (κ3) is 7.01. The molecule has 3 heterocycles. The minimum atomic E-state index is -0.378. The first-order valence-electron chi connectivity index (χ1n) is 15.3. The number of likely N-dealkylation sites (N-methyl/N-ethyl adjacent to an activating group) is 1. The topological polar surface area (TPSA) is 111 Å². The molecule has 3 N–H and O–H groups in total. The molecule has 0 atom stereocenters. The Balaban J connectivity index is 1.12. The maximum atomic E-state index is 13.4. The highest BCUT2D eigenvalue weighted by Gasteiger charge is 2.17. The molecule has 6 rings (SSSR count). The molecule has 0 radical (unpaired) electrons. The number of carbonyl (C=O) groups is 2. The van der Waals surface area contributed by atoms with Crippen molar-refractivity contribution >= 4 is 51.5 Å². The van der Waals surface area contributed by atoms with E-state index in [4.69, 9.17) is 0 Å². The van der Waals surface area contributed by atoms with Gasteiger partial charge < -0.3 is 25.8 Å². The lowest BCUT2D eigenvalue weighted by Crippen LogP contribution is -2.43. The molecule has 1 saturated heterocycles. The summed E-state index contributed by atoms with van der Waals surface area (Å²) in [7, 11) is 6.12. The van der Waals surface area contributed by atoms with Crippen molar-refractivity contribution in [2.75, 3.05) is 68.2 Å². The zero-order valence-corrected chi connectivity index (χ0v) is 26.6. The van der Waals surface area contributed by atoms with E-state index in [9.17, 15) is 9.59 Å². The molecule has 2 aromatic heterocycles. The summed E-state index contributed by atoms with van der Waals surface area (Å²) in [6.07, 6.45) is 3.11. The molecule has 3 aromatic carbocycles. The van der Waals surface area contributed by atoms with Crippen molar-refractivity contribution < 1.29 is 9.59 Å². The van der Waals surface area contributed by atoms with Crippen LogP contribution in [0.25, 0.3) is 11.0 Å². The quantitative estimate of drug-likeness (QED) is 0.206. The SMILES string of the molecule is Cc1ccc(NC(=O)c2ccc(CN3CCN(C)CC3)cc2)cc1NC(=O)n1ccc2c(Nc3cccc(N(C)C)c3)ncnc21. The summed E-state index contributed by atoms with van der Waals surface area (Å²) < 4.78 is 1.45. The van der Waals surface area contributed by atoms with Gasteiger partial charge in [-0.05, 0) is 73.6 Å². The molecule has 11 heteroatoms. The first kappa shape index (κ1) is 30.8. The normalized spacial score (nSPS) is 13.8. The number of nitrogens with zero attached hydrogens (tertiary/aromatic N) is 6. The van der Waals surface area contributed by atoms with Gasteiger partial charge in [-0.1, -0.05) is 24.3 Å². The van der Waals surface area contributed by atoms with E-state index in [2.05, 4.69) is 42.8 Å². The van der Waals surface area contributed by atoms with Gasteiger partial charge in [0, 0.05) is 81.3 Å². The van der Waals surface area contributed by atoms with Gasteiger partial charge in [0.1, 0.15) is 12.1 Å². The van der Waals surface area contributed by atoms with Gasteiger partial charge in [-0.25, -0.2) is 14.8 Å². The van der Waals surface area contributed by atoms with Crippen LogP contribution >= 0.6 is 0 Å². The van der Waals surface area contributed by atoms with Crippen LogP contribution in [0.1, 0.15) is 21.5 Å². The fraction of sp³-hybridized carbons (Fsp3) is 0.257. The third-order valence-corrected chi connectivity index (χ3v) is 8.28. The van der Waals surface area contributed by atoms with Crippen molar-refractivity contribution in [3.8, 4) is 0 Å². The van der Waals surface area contributed by atoms with E-state index in [1.807, 2.05) is 92.6 Å². The molecule has 0 spiro atoms. The summed E-state index contributed by atoms with van der Waals surface area (Å²) in [5.41, 5.74) is 6.18. The first-order valence-corrected chi connectivity index (χ1v) is 15.3. The van der Waals surface area contributed by atoms with Gasteiger partial charge in [-0.2, -0.15) is 0 Å². The second kappa shape index (κ2) is 13.4. The van der Waals surface area contributed by atoms with Crippen LogP contribution in [0.3, 0.4) is 0 Å². The Morgan fingerprint density at radius 2 is 1.65 bits per heavy atom. The highest BCUT2D eigenvalue weighted by molar-refractivity contribution is 6.05. The van der Waals surface area contributed by atoms with Crippen molar-refractivity contribution in [3.05, 3.63) is 102 Å². The Morgan fingerprint density at radius 1 is 0.870 bits per heavy atom. The fourth-order valence-electron chi connectivity index (χ4n) is 5.45. The fourth-order valence-corrected chi connectivity index (χ4v) is 5.45. The Labute approximate surface area is 268 Å². The van der Waals surface area contributed by atoms with Crippen LogP contribution in [0.15, 0.2) is 85.3 Å². The number of hydrogen-bond donors (Lipinski definition) is 3. The van der Waals surface area contributed by atoms with Crippen LogP contribution in [0.5, 0.6) is 0 Å². The number of anilines is 5. The lowest BCUT2D eigenvalue weighted by molar-refractivity contribution is 0.102. The molecule has 0 saturated carbocycles. The molecule has 1 fully saturated rings. The van der Waals surface area contributed by atoms with Gasteiger partial charge in [0.15, 0.2) is 5.65 Å². The van der Waals surface area contributed by atoms with Crippen LogP contribution in [-0.2, 0) is 6.54 Å². The molecule has 46 heavy (non-hydrogen) atoms. The Hall–Kier alpha value is -5.26. The molecule has 0 unspecified atom stereocenters. The molecule has 0 bridgehead atoms. The Kier molecular flexibility index (Phi) is 8.95. The number of benzene rings is 3. The molecule has 1 aliphatic heterocycles. The minimum Gasteiger partial charge on any atom is -0.378 e. The highest BCUT2D eigenvalue weighted by Crippen LogP contribution is 2.27. The van der Waals surface area contributed by atoms with E-state index in [0.29, 0.717) is 33.8 Å². The van der Waals surface area contributed by atoms with Gasteiger partial charge >= 0.3 is 6.03 Å². The minimum absolute atomic E-state index is 0.212. The summed E-state index contributed by atoms with van der Waals surface area (Å²) in [6, 6.07) is 22.6. The van der Waals surface area contributed by atoms with Gasteiger partial charge in [0.05, 0.1) is 5.39 Å². The van der Waals surface area contributed by atoms with E-state index in [1.165, 1.54) is 16.5 Å². The smallest absolute Gasteiger partial charge is 0.331 e. The van der Waals surface area contributed by atoms with E-state index >= 15 is 0 Å². The number of piperazine rings is 1. The molecular formula is C35H39N9O2. The number of nitrogens with one attached hydrogen (secondary N) is 3. The van der Waals surface area contributed by atoms with E-state index in [0.717, 1.165) is 49.7 Å². The van der Waals surface area contributed by atoms with Gasteiger partial charge in [-0.15, -0.1) is 0 Å². The molecule has 5 aromatic rings. The summed E-state index contributed by atoms with van der Waals surface area (Å²) in [5.74, 6) is 0.386. The predicted octanol–water partition coefficient (Wildman–Crippen LogP) is 5.63. The lowest BCUT2D eigenvalue weighted by atomic mass is 10.1. The van der Waals surface area contributed by atoms with Crippen molar-refractivity contribution in [2.45, 2.75) is 13.5 Å². The third-order valence-electron chi connectivity index (χ3n) is 8.28. The van der Waals surface area contributed by atoms with Gasteiger partial charge in [0.25, 0.3) is 5.91 Å². The lowest BCUT2D eigenvalue weighted by Gasteiger charge is -2.32. The van der Waals surface area contributed by atoms with Gasteiger partial charge in [0.2, 0.25) is 0 Å². The van der Waals surface area contributed by atoms with Gasteiger partial charge in [-0.3, -0.25) is 14.3 Å².